The number of hydrogen-bond acceptors (Lipinski definition) is 5. The molecule has 2 rings (SSSR count). The Balaban J connectivity index is 2.02. The molecule has 0 atom stereocenters. The number of piperidine rings is 1. The summed E-state index contributed by atoms with van der Waals surface area (Å²) in [4.78, 5) is 14.3. The Labute approximate surface area is 162 Å². The molecular weight excluding hydrogens is 368 g/mol. The average Bonchev–Trinajstić information content (AvgIpc) is 2.64. The minimum atomic E-state index is -3.48. The van der Waals surface area contributed by atoms with Crippen molar-refractivity contribution in [1.82, 2.24) is 9.21 Å². The second-order valence-electron chi connectivity index (χ2n) is 7.10. The first-order valence-electron chi connectivity index (χ1n) is 9.18. The molecule has 1 aromatic rings. The molecule has 1 aliphatic rings. The van der Waals surface area contributed by atoms with Crippen molar-refractivity contribution >= 4 is 15.9 Å². The Hall–Kier alpha value is -1.80. The van der Waals surface area contributed by atoms with E-state index in [0.717, 1.165) is 24.7 Å². The SMILES string of the molecule is COc1ccc(CCN(CC(=O)N2CCC(C)CC2)S(C)(=O)=O)cc1OC. The van der Waals surface area contributed by atoms with E-state index in [9.17, 15) is 13.2 Å². The van der Waals surface area contributed by atoms with E-state index >= 15 is 0 Å². The van der Waals surface area contributed by atoms with Crippen molar-refractivity contribution in [3.8, 4) is 11.5 Å². The lowest BCUT2D eigenvalue weighted by atomic mass is 9.99. The molecule has 0 aromatic heterocycles. The standard InChI is InChI=1S/C19H30N2O5S/c1-15-7-10-20(11-8-15)19(22)14-21(27(4,23)24)12-9-16-5-6-17(25-2)18(13-16)26-3/h5-6,13,15H,7-12,14H2,1-4H3. The normalized spacial score (nSPS) is 15.8. The predicted octanol–water partition coefficient (Wildman–Crippen LogP) is 1.77. The highest BCUT2D eigenvalue weighted by Gasteiger charge is 2.25. The second kappa shape index (κ2) is 9.41. The lowest BCUT2D eigenvalue weighted by molar-refractivity contribution is -0.132. The van der Waals surface area contributed by atoms with Gasteiger partial charge in [0.1, 0.15) is 0 Å². The van der Waals surface area contributed by atoms with Gasteiger partial charge in [-0.3, -0.25) is 4.79 Å². The van der Waals surface area contributed by atoms with E-state index in [4.69, 9.17) is 9.47 Å². The number of methoxy groups -OCH3 is 2. The molecule has 0 radical (unpaired) electrons. The summed E-state index contributed by atoms with van der Waals surface area (Å²) in [7, 11) is -0.355. The topological polar surface area (TPSA) is 76.2 Å². The summed E-state index contributed by atoms with van der Waals surface area (Å²) in [5.41, 5.74) is 0.917. The van der Waals surface area contributed by atoms with Crippen LogP contribution in [0.15, 0.2) is 18.2 Å². The van der Waals surface area contributed by atoms with Crippen molar-refractivity contribution in [2.45, 2.75) is 26.2 Å². The highest BCUT2D eigenvalue weighted by Crippen LogP contribution is 2.27. The summed E-state index contributed by atoms with van der Waals surface area (Å²) in [5, 5.41) is 0. The maximum absolute atomic E-state index is 12.5. The maximum atomic E-state index is 12.5. The molecule has 1 heterocycles. The van der Waals surface area contributed by atoms with Crippen LogP contribution in [0.3, 0.4) is 0 Å². The molecule has 0 saturated carbocycles. The van der Waals surface area contributed by atoms with Gasteiger partial charge in [-0.2, -0.15) is 4.31 Å². The van der Waals surface area contributed by atoms with Crippen molar-refractivity contribution in [2.75, 3.05) is 46.7 Å². The number of carbonyl (C=O) groups excluding carboxylic acids is 1. The Kier molecular flexibility index (Phi) is 7.49. The number of ether oxygens (including phenoxy) is 2. The molecule has 7 nitrogen and oxygen atoms in total. The fourth-order valence-corrected chi connectivity index (χ4v) is 3.93. The Morgan fingerprint density at radius 2 is 1.81 bits per heavy atom. The fourth-order valence-electron chi connectivity index (χ4n) is 3.16. The zero-order valence-electron chi connectivity index (χ0n) is 16.6. The first-order chi connectivity index (χ1) is 12.7. The van der Waals surface area contributed by atoms with Crippen LogP contribution in [0.5, 0.6) is 11.5 Å². The van der Waals surface area contributed by atoms with E-state index in [1.165, 1.54) is 4.31 Å². The number of benzene rings is 1. The van der Waals surface area contributed by atoms with Gasteiger partial charge in [0, 0.05) is 19.6 Å². The minimum absolute atomic E-state index is 0.111. The summed E-state index contributed by atoms with van der Waals surface area (Å²) in [6.45, 7) is 3.71. The van der Waals surface area contributed by atoms with Gasteiger partial charge in [0.2, 0.25) is 15.9 Å². The van der Waals surface area contributed by atoms with E-state index in [1.807, 2.05) is 12.1 Å². The number of rotatable bonds is 8. The van der Waals surface area contributed by atoms with Gasteiger partial charge in [-0.25, -0.2) is 8.42 Å². The van der Waals surface area contributed by atoms with Gasteiger partial charge >= 0.3 is 0 Å². The van der Waals surface area contributed by atoms with E-state index in [-0.39, 0.29) is 19.0 Å². The van der Waals surface area contributed by atoms with Crippen LogP contribution in [0, 0.1) is 5.92 Å². The van der Waals surface area contributed by atoms with E-state index < -0.39 is 10.0 Å². The minimum Gasteiger partial charge on any atom is -0.493 e. The lowest BCUT2D eigenvalue weighted by Gasteiger charge is -2.32. The van der Waals surface area contributed by atoms with E-state index in [1.54, 1.807) is 25.2 Å². The molecule has 0 N–H and O–H groups in total. The predicted molar refractivity (Wildman–Crippen MR) is 105 cm³/mol. The number of amides is 1. The second-order valence-corrected chi connectivity index (χ2v) is 9.08. The molecule has 1 amide bonds. The molecule has 0 unspecified atom stereocenters. The molecule has 8 heteroatoms. The van der Waals surface area contributed by atoms with Gasteiger partial charge < -0.3 is 14.4 Å². The Bertz CT molecular complexity index is 742. The van der Waals surface area contributed by atoms with Gasteiger partial charge in [-0.05, 0) is 42.9 Å². The molecule has 1 aliphatic heterocycles. The molecule has 1 aromatic carbocycles. The van der Waals surface area contributed by atoms with Gasteiger partial charge in [-0.1, -0.05) is 13.0 Å². The molecule has 0 bridgehead atoms. The summed E-state index contributed by atoms with van der Waals surface area (Å²) < 4.78 is 36.1. The van der Waals surface area contributed by atoms with Gasteiger partial charge in [0.05, 0.1) is 27.0 Å². The van der Waals surface area contributed by atoms with Crippen LogP contribution in [0.4, 0.5) is 0 Å². The van der Waals surface area contributed by atoms with Crippen LogP contribution >= 0.6 is 0 Å². The maximum Gasteiger partial charge on any atom is 0.237 e. The zero-order chi connectivity index (χ0) is 20.0. The quantitative estimate of drug-likeness (QED) is 0.667. The number of carbonyl (C=O) groups is 1. The monoisotopic (exact) mass is 398 g/mol. The highest BCUT2D eigenvalue weighted by molar-refractivity contribution is 7.88. The summed E-state index contributed by atoms with van der Waals surface area (Å²) in [5.74, 6) is 1.71. The third-order valence-corrected chi connectivity index (χ3v) is 6.26. The largest absolute Gasteiger partial charge is 0.493 e. The summed E-state index contributed by atoms with van der Waals surface area (Å²) >= 11 is 0. The van der Waals surface area contributed by atoms with Gasteiger partial charge in [0.25, 0.3) is 0 Å². The van der Waals surface area contributed by atoms with Crippen LogP contribution in [0.2, 0.25) is 0 Å². The fraction of sp³-hybridized carbons (Fsp3) is 0.632. The molecule has 1 fully saturated rings. The van der Waals surface area contributed by atoms with Crippen LogP contribution in [-0.2, 0) is 21.2 Å². The lowest BCUT2D eigenvalue weighted by Crippen LogP contribution is -2.45. The average molecular weight is 399 g/mol. The first-order valence-corrected chi connectivity index (χ1v) is 11.0. The van der Waals surface area contributed by atoms with Gasteiger partial charge in [0.15, 0.2) is 11.5 Å². The summed E-state index contributed by atoms with van der Waals surface area (Å²) in [6.07, 6.45) is 3.57. The smallest absolute Gasteiger partial charge is 0.237 e. The van der Waals surface area contributed by atoms with Crippen LogP contribution in [-0.4, -0.2) is 70.2 Å². The van der Waals surface area contributed by atoms with Crippen molar-refractivity contribution < 1.29 is 22.7 Å². The molecule has 27 heavy (non-hydrogen) atoms. The van der Waals surface area contributed by atoms with Crippen molar-refractivity contribution in [3.05, 3.63) is 23.8 Å². The zero-order valence-corrected chi connectivity index (χ0v) is 17.4. The Morgan fingerprint density at radius 1 is 1.19 bits per heavy atom. The third kappa shape index (κ3) is 6.10. The first kappa shape index (κ1) is 21.5. The molecular formula is C19H30N2O5S. The van der Waals surface area contributed by atoms with E-state index in [0.29, 0.717) is 36.9 Å². The van der Waals surface area contributed by atoms with Crippen LogP contribution in [0.1, 0.15) is 25.3 Å². The number of likely N-dealkylation sites (tertiary alicyclic amines) is 1. The number of sulfonamides is 1. The summed E-state index contributed by atoms with van der Waals surface area (Å²) in [6, 6.07) is 5.49. The highest BCUT2D eigenvalue weighted by atomic mass is 32.2. The van der Waals surface area contributed by atoms with Gasteiger partial charge in [-0.15, -0.1) is 0 Å². The molecule has 0 aliphatic carbocycles. The number of nitrogens with zero attached hydrogens (tertiary/aromatic N) is 2. The van der Waals surface area contributed by atoms with E-state index in [2.05, 4.69) is 6.92 Å². The van der Waals surface area contributed by atoms with Crippen LogP contribution < -0.4 is 9.47 Å². The van der Waals surface area contributed by atoms with Crippen molar-refractivity contribution in [1.29, 1.82) is 0 Å². The van der Waals surface area contributed by atoms with Crippen molar-refractivity contribution in [2.24, 2.45) is 5.92 Å². The molecule has 1 saturated heterocycles. The van der Waals surface area contributed by atoms with Crippen molar-refractivity contribution in [3.63, 3.8) is 0 Å². The number of hydrogen-bond donors (Lipinski definition) is 0. The molecule has 0 spiro atoms. The molecule has 152 valence electrons. The Morgan fingerprint density at radius 3 is 2.37 bits per heavy atom. The third-order valence-electron chi connectivity index (χ3n) is 5.01. The van der Waals surface area contributed by atoms with Crippen LogP contribution in [0.25, 0.3) is 0 Å².